The van der Waals surface area contributed by atoms with Gasteiger partial charge >= 0.3 is 0 Å². The molecular formula is C14H17N5O. The minimum atomic E-state index is -0.201. The topological polar surface area (TPSA) is 73.9 Å². The molecule has 2 aromatic heterocycles. The lowest BCUT2D eigenvalue weighted by atomic mass is 10.0. The molecule has 0 saturated carbocycles. The van der Waals surface area contributed by atoms with Crippen molar-refractivity contribution in [2.45, 2.75) is 25.6 Å². The quantitative estimate of drug-likeness (QED) is 0.851. The van der Waals surface area contributed by atoms with Crippen LogP contribution in [-0.2, 0) is 24.3 Å². The first-order valence-electron chi connectivity index (χ1n) is 6.62. The Morgan fingerprint density at radius 2 is 2.45 bits per heavy atom. The fraction of sp³-hybridized carbons (Fsp3) is 0.357. The van der Waals surface area contributed by atoms with Gasteiger partial charge in [0.2, 0.25) is 5.91 Å². The lowest BCUT2D eigenvalue weighted by Crippen LogP contribution is -2.48. The Bertz CT molecular complexity index is 595. The summed E-state index contributed by atoms with van der Waals surface area (Å²) in [7, 11) is 1.82. The number of likely N-dealkylation sites (N-methyl/N-ethyl adjacent to an activating group) is 1. The number of carbonyl (C=O) groups is 1. The van der Waals surface area contributed by atoms with E-state index < -0.39 is 0 Å². The maximum Gasteiger partial charge on any atom is 0.240 e. The van der Waals surface area contributed by atoms with E-state index >= 15 is 0 Å². The van der Waals surface area contributed by atoms with Gasteiger partial charge in [-0.3, -0.25) is 15.1 Å². The van der Waals surface area contributed by atoms with E-state index in [4.69, 9.17) is 0 Å². The molecule has 20 heavy (non-hydrogen) atoms. The number of aromatic amines is 1. The molecule has 0 aliphatic carbocycles. The fourth-order valence-electron chi connectivity index (χ4n) is 2.45. The van der Waals surface area contributed by atoms with E-state index in [9.17, 15) is 4.79 Å². The van der Waals surface area contributed by atoms with Gasteiger partial charge in [-0.2, -0.15) is 0 Å². The predicted molar refractivity (Wildman–Crippen MR) is 73.6 cm³/mol. The molecule has 104 valence electrons. The summed E-state index contributed by atoms with van der Waals surface area (Å²) >= 11 is 0. The van der Waals surface area contributed by atoms with E-state index in [0.717, 1.165) is 17.0 Å². The van der Waals surface area contributed by atoms with Crippen LogP contribution in [0.25, 0.3) is 0 Å². The Balaban J connectivity index is 1.64. The molecule has 6 nitrogen and oxygen atoms in total. The predicted octanol–water partition coefficient (Wildman–Crippen LogP) is 0.478. The van der Waals surface area contributed by atoms with E-state index in [2.05, 4.69) is 20.3 Å². The second-order valence-corrected chi connectivity index (χ2v) is 5.02. The van der Waals surface area contributed by atoms with Crippen molar-refractivity contribution in [1.29, 1.82) is 0 Å². The molecule has 3 heterocycles. The molecule has 2 aromatic rings. The number of rotatable bonds is 3. The Kier molecular flexibility index (Phi) is 3.47. The summed E-state index contributed by atoms with van der Waals surface area (Å²) in [5.74, 6) is 0.0857. The van der Waals surface area contributed by atoms with Crippen LogP contribution >= 0.6 is 0 Å². The van der Waals surface area contributed by atoms with Crippen molar-refractivity contribution >= 4 is 5.91 Å². The molecule has 0 bridgehead atoms. The van der Waals surface area contributed by atoms with Gasteiger partial charge in [0.1, 0.15) is 0 Å². The number of carbonyl (C=O) groups excluding carboxylic acids is 1. The van der Waals surface area contributed by atoms with Crippen LogP contribution in [-0.4, -0.2) is 38.8 Å². The van der Waals surface area contributed by atoms with E-state index in [1.54, 1.807) is 23.6 Å². The lowest BCUT2D eigenvalue weighted by Gasteiger charge is -2.27. The van der Waals surface area contributed by atoms with Gasteiger partial charge in [0.25, 0.3) is 0 Å². The monoisotopic (exact) mass is 271 g/mol. The Hall–Kier alpha value is -2.21. The van der Waals surface area contributed by atoms with Crippen LogP contribution in [0.4, 0.5) is 0 Å². The van der Waals surface area contributed by atoms with Crippen molar-refractivity contribution < 1.29 is 4.79 Å². The Morgan fingerprint density at radius 3 is 3.25 bits per heavy atom. The molecule has 1 atom stereocenters. The number of pyridine rings is 1. The van der Waals surface area contributed by atoms with Gasteiger partial charge in [0.05, 0.1) is 23.8 Å². The lowest BCUT2D eigenvalue weighted by molar-refractivity contribution is -0.132. The minimum Gasteiger partial charge on any atom is -0.347 e. The Morgan fingerprint density at radius 1 is 1.55 bits per heavy atom. The average Bonchev–Trinajstić information content (AvgIpc) is 2.94. The number of hydrogen-bond acceptors (Lipinski definition) is 4. The fourth-order valence-corrected chi connectivity index (χ4v) is 2.45. The average molecular weight is 271 g/mol. The molecule has 0 aromatic carbocycles. The van der Waals surface area contributed by atoms with Crippen molar-refractivity contribution in [2.75, 3.05) is 7.05 Å². The summed E-state index contributed by atoms with van der Waals surface area (Å²) < 4.78 is 0. The highest BCUT2D eigenvalue weighted by Gasteiger charge is 2.27. The zero-order valence-corrected chi connectivity index (χ0v) is 11.3. The molecule has 3 rings (SSSR count). The second-order valence-electron chi connectivity index (χ2n) is 5.02. The highest BCUT2D eigenvalue weighted by molar-refractivity contribution is 5.82. The molecule has 1 aliphatic rings. The van der Waals surface area contributed by atoms with Crippen molar-refractivity contribution in [2.24, 2.45) is 0 Å². The third-order valence-electron chi connectivity index (χ3n) is 3.55. The van der Waals surface area contributed by atoms with Crippen LogP contribution in [0.5, 0.6) is 0 Å². The minimum absolute atomic E-state index is 0.0857. The van der Waals surface area contributed by atoms with Crippen molar-refractivity contribution in [3.63, 3.8) is 0 Å². The largest absolute Gasteiger partial charge is 0.347 e. The molecule has 1 unspecified atom stereocenters. The molecular weight excluding hydrogens is 254 g/mol. The van der Waals surface area contributed by atoms with Gasteiger partial charge in [-0.15, -0.1) is 0 Å². The molecule has 6 heteroatoms. The van der Waals surface area contributed by atoms with Gasteiger partial charge in [-0.25, -0.2) is 4.98 Å². The maximum atomic E-state index is 12.4. The van der Waals surface area contributed by atoms with E-state index in [-0.39, 0.29) is 11.9 Å². The molecule has 0 saturated heterocycles. The van der Waals surface area contributed by atoms with Crippen LogP contribution in [0.15, 0.2) is 30.9 Å². The maximum absolute atomic E-state index is 12.4. The van der Waals surface area contributed by atoms with E-state index in [0.29, 0.717) is 19.5 Å². The smallest absolute Gasteiger partial charge is 0.240 e. The summed E-state index contributed by atoms with van der Waals surface area (Å²) in [6.45, 7) is 1.23. The molecule has 1 aliphatic heterocycles. The number of fused-ring (bicyclic) bond motifs is 1. The van der Waals surface area contributed by atoms with Crippen LogP contribution in [0, 0.1) is 0 Å². The Labute approximate surface area is 117 Å². The van der Waals surface area contributed by atoms with Gasteiger partial charge in [-0.05, 0) is 11.6 Å². The summed E-state index contributed by atoms with van der Waals surface area (Å²) in [6.07, 6.45) is 5.82. The van der Waals surface area contributed by atoms with Gasteiger partial charge in [0.15, 0.2) is 0 Å². The number of hydrogen-bond donors (Lipinski definition) is 2. The summed E-state index contributed by atoms with van der Waals surface area (Å²) in [5.41, 5.74) is 3.08. The zero-order valence-electron chi connectivity index (χ0n) is 11.3. The highest BCUT2D eigenvalue weighted by Crippen LogP contribution is 2.14. The summed E-state index contributed by atoms with van der Waals surface area (Å²) in [5, 5.41) is 3.25. The normalized spacial score (nSPS) is 17.6. The van der Waals surface area contributed by atoms with Crippen molar-refractivity contribution in [3.05, 3.63) is 47.8 Å². The standard InChI is InChI=1S/C14H17N5O/c1-19(8-10-3-2-4-15-6-10)14(20)12-5-11-13(7-16-12)18-9-17-11/h2-4,6,9,12,16H,5,7-8H2,1H3,(H,17,18). The first kappa shape index (κ1) is 12.8. The van der Waals surface area contributed by atoms with Crippen LogP contribution in [0.1, 0.15) is 17.0 Å². The van der Waals surface area contributed by atoms with Gasteiger partial charge in [-0.1, -0.05) is 6.07 Å². The van der Waals surface area contributed by atoms with Crippen molar-refractivity contribution in [3.8, 4) is 0 Å². The molecule has 0 radical (unpaired) electrons. The number of nitrogens with one attached hydrogen (secondary N) is 2. The SMILES string of the molecule is CN(Cc1cccnc1)C(=O)C1Cc2nc[nH]c2CN1. The van der Waals surface area contributed by atoms with Crippen molar-refractivity contribution in [1.82, 2.24) is 25.2 Å². The molecule has 0 fully saturated rings. The highest BCUT2D eigenvalue weighted by atomic mass is 16.2. The van der Waals surface area contributed by atoms with Crippen LogP contribution < -0.4 is 5.32 Å². The third-order valence-corrected chi connectivity index (χ3v) is 3.55. The molecule has 0 spiro atoms. The van der Waals surface area contributed by atoms with Crippen LogP contribution in [0.2, 0.25) is 0 Å². The third kappa shape index (κ3) is 2.55. The number of aromatic nitrogens is 3. The number of imidazole rings is 1. The first-order valence-corrected chi connectivity index (χ1v) is 6.62. The molecule has 1 amide bonds. The van der Waals surface area contributed by atoms with E-state index in [1.807, 2.05) is 19.2 Å². The molecule has 2 N–H and O–H groups in total. The zero-order chi connectivity index (χ0) is 13.9. The number of H-pyrrole nitrogens is 1. The van der Waals surface area contributed by atoms with Crippen LogP contribution in [0.3, 0.4) is 0 Å². The summed E-state index contributed by atoms with van der Waals surface area (Å²) in [4.78, 5) is 25.6. The van der Waals surface area contributed by atoms with Gasteiger partial charge in [0, 0.05) is 39.0 Å². The van der Waals surface area contributed by atoms with Gasteiger partial charge < -0.3 is 9.88 Å². The van der Waals surface area contributed by atoms with E-state index in [1.165, 1.54) is 0 Å². The second kappa shape index (κ2) is 5.42. The number of nitrogens with zero attached hydrogens (tertiary/aromatic N) is 3. The number of amides is 1. The summed E-state index contributed by atoms with van der Waals surface area (Å²) in [6, 6.07) is 3.65. The first-order chi connectivity index (χ1) is 9.74.